The van der Waals surface area contributed by atoms with Gasteiger partial charge >= 0.3 is 0 Å². The number of amidine groups is 1. The summed E-state index contributed by atoms with van der Waals surface area (Å²) in [5.41, 5.74) is 17.7. The van der Waals surface area contributed by atoms with Crippen LogP contribution in [0, 0.1) is 18.3 Å². The first-order valence-corrected chi connectivity index (χ1v) is 17.8. The molecule has 1 aliphatic carbocycles. The first-order chi connectivity index (χ1) is 24.5. The molecule has 1 fully saturated rings. The van der Waals surface area contributed by atoms with Gasteiger partial charge < -0.3 is 16.0 Å². The molecular weight excluding hydrogens is 627 g/mol. The van der Waals surface area contributed by atoms with Gasteiger partial charge in [0.25, 0.3) is 0 Å². The molecule has 5 rings (SSSR count). The van der Waals surface area contributed by atoms with Gasteiger partial charge in [0.1, 0.15) is 17.7 Å². The molecule has 7 nitrogen and oxygen atoms in total. The maximum Gasteiger partial charge on any atom is 0.149 e. The quantitative estimate of drug-likeness (QED) is 0.108. The fourth-order valence-electron chi connectivity index (χ4n) is 6.94. The zero-order valence-electron chi connectivity index (χ0n) is 31.4. The molecule has 1 saturated heterocycles. The smallest absolute Gasteiger partial charge is 0.149 e. The zero-order valence-corrected chi connectivity index (χ0v) is 31.4. The third-order valence-corrected chi connectivity index (χ3v) is 9.67. The Bertz CT molecular complexity index is 1960. The second-order valence-electron chi connectivity index (χ2n) is 14.2. The Kier molecular flexibility index (Phi) is 12.1. The Balaban J connectivity index is 1.39. The van der Waals surface area contributed by atoms with Crippen LogP contribution in [0.5, 0.6) is 0 Å². The van der Waals surface area contributed by atoms with E-state index in [9.17, 15) is 5.41 Å². The third kappa shape index (κ3) is 8.93. The van der Waals surface area contributed by atoms with Crippen LogP contribution in [0.4, 0.5) is 5.69 Å². The van der Waals surface area contributed by atoms with E-state index in [0.717, 1.165) is 94.1 Å². The van der Waals surface area contributed by atoms with Gasteiger partial charge in [-0.25, -0.2) is 0 Å². The lowest BCUT2D eigenvalue weighted by Crippen LogP contribution is -2.36. The molecule has 0 amide bonds. The van der Waals surface area contributed by atoms with Gasteiger partial charge in [-0.05, 0) is 138 Å². The predicted octanol–water partition coefficient (Wildman–Crippen LogP) is 9.37. The minimum absolute atomic E-state index is 0.217. The van der Waals surface area contributed by atoms with Crippen LogP contribution in [0.3, 0.4) is 0 Å². The van der Waals surface area contributed by atoms with Gasteiger partial charge in [0.2, 0.25) is 0 Å². The average Bonchev–Trinajstić information content (AvgIpc) is 3.48. The molecule has 0 saturated carbocycles. The van der Waals surface area contributed by atoms with Crippen molar-refractivity contribution in [2.45, 2.75) is 74.0 Å². The highest BCUT2D eigenvalue weighted by Gasteiger charge is 2.25. The maximum atomic E-state index is 9.23. The van der Waals surface area contributed by atoms with Crippen molar-refractivity contribution in [3.8, 4) is 0 Å². The van der Waals surface area contributed by atoms with Crippen molar-refractivity contribution < 1.29 is 0 Å². The molecule has 0 spiro atoms. The number of hydrogen-bond donors (Lipinski definition) is 4. The molecule has 3 heterocycles. The summed E-state index contributed by atoms with van der Waals surface area (Å²) in [4.78, 5) is 11.7. The van der Waals surface area contributed by atoms with Gasteiger partial charge in [-0.1, -0.05) is 54.2 Å². The summed E-state index contributed by atoms with van der Waals surface area (Å²) in [5, 5.41) is 19.7. The molecule has 1 aromatic heterocycles. The zero-order chi connectivity index (χ0) is 36.7. The van der Waals surface area contributed by atoms with E-state index in [0.29, 0.717) is 11.6 Å². The molecule has 2 atom stereocenters. The third-order valence-electron chi connectivity index (χ3n) is 9.67. The van der Waals surface area contributed by atoms with Crippen molar-refractivity contribution in [1.29, 1.82) is 5.41 Å². The number of nitrogens with zero attached hydrogens (tertiary/aromatic N) is 3. The first-order valence-electron chi connectivity index (χ1n) is 17.8. The molecular formula is C44H53N7. The number of aliphatic imine (C=N–C) groups is 1. The lowest BCUT2D eigenvalue weighted by atomic mass is 9.92. The van der Waals surface area contributed by atoms with Crippen LogP contribution >= 0.6 is 0 Å². The van der Waals surface area contributed by atoms with Crippen LogP contribution < -0.4 is 16.0 Å². The second kappa shape index (κ2) is 16.7. The summed E-state index contributed by atoms with van der Waals surface area (Å²) in [6.07, 6.45) is 18.3. The van der Waals surface area contributed by atoms with E-state index < -0.39 is 0 Å². The van der Waals surface area contributed by atoms with Gasteiger partial charge in [0.15, 0.2) is 0 Å². The second-order valence-corrected chi connectivity index (χ2v) is 14.2. The standard InChI is InChI=1S/C44H53N7/c1-10-30(6)35-19-21-51(27-35)26-33-24-36(23-29(4)5)41(48-25-33)43(45)49-39-16-12-11-14-37(31(39)7)38-15-13-17-40(32(38)8)50-44-42(46-9)34(18-20-47-44)22-28(2)3/h12-18,20,22-25,35,44,47,50H,1,9,11,19,21,26-27H2,2-8H3,(H2,45,49). The number of dihydropyridines is 1. The van der Waals surface area contributed by atoms with Crippen molar-refractivity contribution in [1.82, 2.24) is 20.5 Å². The average molecular weight is 680 g/mol. The van der Waals surface area contributed by atoms with Crippen molar-refractivity contribution in [2.75, 3.05) is 18.4 Å². The summed E-state index contributed by atoms with van der Waals surface area (Å²) in [7, 11) is 0. The minimum atomic E-state index is -0.217. The number of nitrogens with one attached hydrogen (secondary N) is 4. The van der Waals surface area contributed by atoms with Gasteiger partial charge in [0.05, 0.1) is 5.70 Å². The summed E-state index contributed by atoms with van der Waals surface area (Å²) >= 11 is 0. The van der Waals surface area contributed by atoms with Crippen LogP contribution in [0.1, 0.15) is 82.3 Å². The number of pyridine rings is 1. The summed E-state index contributed by atoms with van der Waals surface area (Å²) in [6.45, 7) is 25.3. The molecule has 0 bridgehead atoms. The number of allylic oxidation sites excluding steroid dienone is 10. The van der Waals surface area contributed by atoms with Crippen LogP contribution in [0.25, 0.3) is 11.6 Å². The number of anilines is 1. The van der Waals surface area contributed by atoms with E-state index in [2.05, 4.69) is 148 Å². The highest BCUT2D eigenvalue weighted by atomic mass is 15.2. The number of rotatable bonds is 11. The molecule has 2 aliphatic heterocycles. The molecule has 0 radical (unpaired) electrons. The molecule has 7 heteroatoms. The normalized spacial score (nSPS) is 18.7. The first kappa shape index (κ1) is 37.0. The Labute approximate surface area is 305 Å². The van der Waals surface area contributed by atoms with Gasteiger partial charge in [-0.2, -0.15) is 0 Å². The van der Waals surface area contributed by atoms with Gasteiger partial charge in [0, 0.05) is 47.7 Å². The molecule has 4 N–H and O–H groups in total. The SMILES string of the molecule is C=C=C(C)C1CCN(Cc2cnc(C(=N)NC3=C(C)C(c4cccc(NC5NC=CC(C=C(C)C)=C5N=C)c4C)=CCC=C3)c(C=C(C)C)c2)C1. The lowest BCUT2D eigenvalue weighted by molar-refractivity contribution is 0.322. The van der Waals surface area contributed by atoms with Crippen molar-refractivity contribution >= 4 is 29.9 Å². The summed E-state index contributed by atoms with van der Waals surface area (Å²) in [6, 6.07) is 8.54. The highest BCUT2D eigenvalue weighted by molar-refractivity contribution is 6.00. The van der Waals surface area contributed by atoms with E-state index >= 15 is 0 Å². The lowest BCUT2D eigenvalue weighted by Gasteiger charge is -2.27. The monoisotopic (exact) mass is 679 g/mol. The fourth-order valence-corrected chi connectivity index (χ4v) is 6.94. The van der Waals surface area contributed by atoms with Crippen molar-refractivity contribution in [3.63, 3.8) is 0 Å². The van der Waals surface area contributed by atoms with E-state index in [1.165, 1.54) is 11.1 Å². The number of aromatic nitrogens is 1. The Morgan fingerprint density at radius 3 is 2.65 bits per heavy atom. The molecule has 264 valence electrons. The Morgan fingerprint density at radius 2 is 1.92 bits per heavy atom. The number of likely N-dealkylation sites (tertiary alicyclic amines) is 1. The van der Waals surface area contributed by atoms with E-state index in [1.807, 2.05) is 18.5 Å². The van der Waals surface area contributed by atoms with Crippen molar-refractivity contribution in [2.24, 2.45) is 10.9 Å². The maximum absolute atomic E-state index is 9.23. The minimum Gasteiger partial charge on any atom is -0.366 e. The predicted molar refractivity (Wildman–Crippen MR) is 217 cm³/mol. The molecule has 1 aromatic carbocycles. The largest absolute Gasteiger partial charge is 0.366 e. The Hall–Kier alpha value is -5.23. The van der Waals surface area contributed by atoms with Crippen LogP contribution in [0.15, 0.2) is 124 Å². The van der Waals surface area contributed by atoms with Crippen molar-refractivity contribution in [3.05, 3.63) is 147 Å². The number of hydrogen-bond acceptors (Lipinski definition) is 6. The van der Waals surface area contributed by atoms with Gasteiger partial charge in [-0.3, -0.25) is 20.3 Å². The summed E-state index contributed by atoms with van der Waals surface area (Å²) in [5.74, 6) is 0.788. The Morgan fingerprint density at radius 1 is 1.14 bits per heavy atom. The molecule has 2 unspecified atom stereocenters. The van der Waals surface area contributed by atoms with Gasteiger partial charge in [-0.15, -0.1) is 5.73 Å². The van der Waals surface area contributed by atoms with Crippen LogP contribution in [0.2, 0.25) is 0 Å². The highest BCUT2D eigenvalue weighted by Crippen LogP contribution is 2.34. The topological polar surface area (TPSA) is 88.4 Å². The molecule has 3 aliphatic rings. The van der Waals surface area contributed by atoms with E-state index in [4.69, 9.17) is 4.98 Å². The molecule has 2 aromatic rings. The number of benzene rings is 1. The van der Waals surface area contributed by atoms with Crippen LogP contribution in [-0.2, 0) is 6.54 Å². The fraction of sp³-hybridized carbons (Fsp3) is 0.318. The molecule has 51 heavy (non-hydrogen) atoms. The van der Waals surface area contributed by atoms with E-state index in [-0.39, 0.29) is 12.0 Å². The summed E-state index contributed by atoms with van der Waals surface area (Å²) < 4.78 is 0. The van der Waals surface area contributed by atoms with E-state index in [1.54, 1.807) is 0 Å². The van der Waals surface area contributed by atoms with Crippen LogP contribution in [-0.4, -0.2) is 41.7 Å².